The van der Waals surface area contributed by atoms with E-state index in [1.807, 2.05) is 0 Å². The molecule has 0 bridgehead atoms. The van der Waals surface area contributed by atoms with Gasteiger partial charge in [-0.2, -0.15) is 10.1 Å². The zero-order chi connectivity index (χ0) is 13.8. The van der Waals surface area contributed by atoms with Gasteiger partial charge < -0.3 is 5.32 Å². The Labute approximate surface area is 113 Å². The number of carbonyl (C=O) groups is 1. The summed E-state index contributed by atoms with van der Waals surface area (Å²) in [5, 5.41) is 6.75. The van der Waals surface area contributed by atoms with Crippen molar-refractivity contribution in [1.29, 1.82) is 0 Å². The van der Waals surface area contributed by atoms with Crippen molar-refractivity contribution in [3.05, 3.63) is 41.2 Å². The van der Waals surface area contributed by atoms with Crippen LogP contribution in [0.5, 0.6) is 0 Å². The van der Waals surface area contributed by atoms with Crippen LogP contribution in [0.2, 0.25) is 5.02 Å². The minimum atomic E-state index is -0.394. The molecule has 0 spiro atoms. The average Bonchev–Trinajstić information content (AvgIpc) is 2.81. The lowest BCUT2D eigenvalue weighted by Crippen LogP contribution is -2.13. The number of amides is 1. The lowest BCUT2D eigenvalue weighted by atomic mass is 10.2. The maximum Gasteiger partial charge on any atom is 0.276 e. The first-order chi connectivity index (χ1) is 9.11. The smallest absolute Gasteiger partial charge is 0.276 e. The van der Waals surface area contributed by atoms with Crippen molar-refractivity contribution in [1.82, 2.24) is 9.78 Å². The number of nitrogens with one attached hydrogen (secondary N) is 1. The largest absolute Gasteiger partial charge is 0.319 e. The number of benzene rings is 1. The number of rotatable bonds is 3. The summed E-state index contributed by atoms with van der Waals surface area (Å²) < 4.78 is 1.52. The molecular formula is C12H9ClN4O2. The summed E-state index contributed by atoms with van der Waals surface area (Å²) in [5.74, 6) is -0.394. The summed E-state index contributed by atoms with van der Waals surface area (Å²) >= 11 is 6.01. The Balaban J connectivity index is 2.26. The summed E-state index contributed by atoms with van der Waals surface area (Å²) in [6.07, 6.45) is 3.06. The molecule has 0 atom stereocenters. The first-order valence-electron chi connectivity index (χ1n) is 5.29. The molecule has 0 unspecified atom stereocenters. The minimum absolute atomic E-state index is 0.176. The van der Waals surface area contributed by atoms with Gasteiger partial charge in [0.05, 0.1) is 16.4 Å². The fraction of sp³-hybridized carbons (Fsp3) is 0.0833. The van der Waals surface area contributed by atoms with E-state index in [0.717, 1.165) is 0 Å². The van der Waals surface area contributed by atoms with Gasteiger partial charge in [0.1, 0.15) is 0 Å². The Hall–Kier alpha value is -2.43. The van der Waals surface area contributed by atoms with Crippen LogP contribution < -0.4 is 5.32 Å². The molecule has 96 valence electrons. The van der Waals surface area contributed by atoms with E-state index in [1.165, 1.54) is 10.8 Å². The van der Waals surface area contributed by atoms with E-state index in [9.17, 15) is 9.59 Å². The van der Waals surface area contributed by atoms with Crippen molar-refractivity contribution >= 4 is 35.0 Å². The van der Waals surface area contributed by atoms with Crippen LogP contribution >= 0.6 is 11.6 Å². The predicted molar refractivity (Wildman–Crippen MR) is 70.4 cm³/mol. The van der Waals surface area contributed by atoms with E-state index in [4.69, 9.17) is 11.6 Å². The van der Waals surface area contributed by atoms with E-state index in [0.29, 0.717) is 5.69 Å². The highest BCUT2D eigenvalue weighted by Gasteiger charge is 2.12. The van der Waals surface area contributed by atoms with Crippen LogP contribution in [0.4, 0.5) is 11.4 Å². The Morgan fingerprint density at radius 1 is 1.47 bits per heavy atom. The molecule has 0 saturated carbocycles. The number of anilines is 1. The molecule has 0 fully saturated rings. The molecule has 6 nitrogen and oxygen atoms in total. The van der Waals surface area contributed by atoms with Crippen molar-refractivity contribution in [3.8, 4) is 0 Å². The van der Waals surface area contributed by atoms with E-state index in [1.54, 1.807) is 37.5 Å². The van der Waals surface area contributed by atoms with Gasteiger partial charge in [0.25, 0.3) is 5.91 Å². The summed E-state index contributed by atoms with van der Waals surface area (Å²) in [4.78, 5) is 25.6. The topological polar surface area (TPSA) is 76.3 Å². The van der Waals surface area contributed by atoms with Gasteiger partial charge in [-0.1, -0.05) is 17.7 Å². The van der Waals surface area contributed by atoms with Crippen molar-refractivity contribution in [2.24, 2.45) is 12.0 Å². The third kappa shape index (κ3) is 2.88. The summed E-state index contributed by atoms with van der Waals surface area (Å²) in [7, 11) is 1.71. The number of halogens is 1. The van der Waals surface area contributed by atoms with Crippen LogP contribution in [0.1, 0.15) is 10.5 Å². The van der Waals surface area contributed by atoms with Gasteiger partial charge in [-0.15, -0.1) is 0 Å². The van der Waals surface area contributed by atoms with Crippen LogP contribution in [-0.4, -0.2) is 21.8 Å². The third-order valence-corrected chi connectivity index (χ3v) is 2.74. The van der Waals surface area contributed by atoms with E-state index in [-0.39, 0.29) is 16.4 Å². The van der Waals surface area contributed by atoms with Crippen LogP contribution in [0, 0.1) is 0 Å². The zero-order valence-electron chi connectivity index (χ0n) is 9.92. The Morgan fingerprint density at radius 2 is 2.26 bits per heavy atom. The second-order valence-corrected chi connectivity index (χ2v) is 4.05. The molecule has 0 aliphatic carbocycles. The number of hydrogen-bond donors (Lipinski definition) is 1. The molecule has 7 heteroatoms. The molecule has 1 aromatic carbocycles. The molecule has 19 heavy (non-hydrogen) atoms. The predicted octanol–water partition coefficient (Wildman–Crippen LogP) is 2.29. The number of aromatic nitrogens is 2. The summed E-state index contributed by atoms with van der Waals surface area (Å²) in [5.41, 5.74) is 0.868. The van der Waals surface area contributed by atoms with Gasteiger partial charge in [-0.25, -0.2) is 4.79 Å². The fourth-order valence-corrected chi connectivity index (χ4v) is 1.69. The molecule has 0 aliphatic rings. The van der Waals surface area contributed by atoms with Crippen molar-refractivity contribution in [2.45, 2.75) is 0 Å². The SMILES string of the molecule is Cn1ccc(C(=O)Nc2cccc(N=C=O)c2Cl)n1. The molecular weight excluding hydrogens is 268 g/mol. The Bertz CT molecular complexity index is 674. The normalized spacial score (nSPS) is 9.79. The van der Waals surface area contributed by atoms with Gasteiger partial charge in [0, 0.05) is 13.2 Å². The number of aryl methyl sites for hydroxylation is 1. The van der Waals surface area contributed by atoms with E-state index >= 15 is 0 Å². The van der Waals surface area contributed by atoms with Gasteiger partial charge in [0.15, 0.2) is 5.69 Å². The van der Waals surface area contributed by atoms with Gasteiger partial charge in [0.2, 0.25) is 6.08 Å². The number of isocyanates is 1. The molecule has 2 aromatic rings. The molecule has 0 saturated heterocycles. The average molecular weight is 277 g/mol. The number of nitrogens with zero attached hydrogens (tertiary/aromatic N) is 3. The van der Waals surface area contributed by atoms with Crippen molar-refractivity contribution in [2.75, 3.05) is 5.32 Å². The fourth-order valence-electron chi connectivity index (χ4n) is 1.47. The highest BCUT2D eigenvalue weighted by Crippen LogP contribution is 2.31. The first kappa shape index (κ1) is 13.0. The monoisotopic (exact) mass is 276 g/mol. The molecule has 2 rings (SSSR count). The third-order valence-electron chi connectivity index (χ3n) is 2.34. The van der Waals surface area contributed by atoms with Crippen LogP contribution in [-0.2, 0) is 11.8 Å². The summed E-state index contributed by atoms with van der Waals surface area (Å²) in [6, 6.07) is 6.35. The number of hydrogen-bond acceptors (Lipinski definition) is 4. The number of aliphatic imine (C=N–C) groups is 1. The lowest BCUT2D eigenvalue weighted by Gasteiger charge is -2.06. The first-order valence-corrected chi connectivity index (χ1v) is 5.67. The minimum Gasteiger partial charge on any atom is -0.319 e. The zero-order valence-corrected chi connectivity index (χ0v) is 10.7. The van der Waals surface area contributed by atoms with E-state index < -0.39 is 5.91 Å². The van der Waals surface area contributed by atoms with Crippen LogP contribution in [0.3, 0.4) is 0 Å². The lowest BCUT2D eigenvalue weighted by molar-refractivity contribution is 0.102. The Morgan fingerprint density at radius 3 is 2.89 bits per heavy atom. The molecule has 1 N–H and O–H groups in total. The van der Waals surface area contributed by atoms with Crippen molar-refractivity contribution in [3.63, 3.8) is 0 Å². The molecule has 1 aromatic heterocycles. The maximum atomic E-state index is 11.9. The molecule has 0 radical (unpaired) electrons. The highest BCUT2D eigenvalue weighted by molar-refractivity contribution is 6.36. The van der Waals surface area contributed by atoms with Gasteiger partial charge in [-0.05, 0) is 18.2 Å². The second-order valence-electron chi connectivity index (χ2n) is 3.67. The standard InChI is InChI=1S/C12H9ClN4O2/c1-17-6-5-10(16-17)12(19)15-9-4-2-3-8(11(9)13)14-7-18/h2-6H,1H3,(H,15,19). The highest BCUT2D eigenvalue weighted by atomic mass is 35.5. The van der Waals surface area contributed by atoms with Crippen molar-refractivity contribution < 1.29 is 9.59 Å². The summed E-state index contributed by atoms with van der Waals surface area (Å²) in [6.45, 7) is 0. The Kier molecular flexibility index (Phi) is 3.75. The molecule has 1 heterocycles. The second kappa shape index (κ2) is 5.48. The van der Waals surface area contributed by atoms with E-state index in [2.05, 4.69) is 15.4 Å². The van der Waals surface area contributed by atoms with Gasteiger partial charge in [-0.3, -0.25) is 9.48 Å². The maximum absolute atomic E-state index is 11.9. The number of carbonyl (C=O) groups excluding carboxylic acids is 2. The quantitative estimate of drug-likeness (QED) is 0.690. The van der Waals surface area contributed by atoms with Crippen LogP contribution in [0.25, 0.3) is 0 Å². The van der Waals surface area contributed by atoms with Gasteiger partial charge >= 0.3 is 0 Å². The van der Waals surface area contributed by atoms with Crippen LogP contribution in [0.15, 0.2) is 35.5 Å². The molecule has 1 amide bonds. The molecule has 0 aliphatic heterocycles.